The average Bonchev–Trinajstić information content (AvgIpc) is 2.42. The van der Waals surface area contributed by atoms with Crippen LogP contribution in [-0.2, 0) is 6.42 Å². The van der Waals surface area contributed by atoms with Crippen molar-refractivity contribution in [3.05, 3.63) is 60.2 Å². The molecule has 96 valence electrons. The van der Waals surface area contributed by atoms with E-state index in [1.54, 1.807) is 0 Å². The van der Waals surface area contributed by atoms with Gasteiger partial charge in [0.1, 0.15) is 0 Å². The molecule has 0 spiro atoms. The fraction of sp³-hybridized carbons (Fsp3) is 0.263. The molecule has 0 aromatic heterocycles. The number of hydrogen-bond donors (Lipinski definition) is 0. The molecule has 0 atom stereocenters. The van der Waals surface area contributed by atoms with Crippen LogP contribution < -0.4 is 0 Å². The zero-order chi connectivity index (χ0) is 13.2. The fourth-order valence-corrected chi connectivity index (χ4v) is 2.60. The van der Waals surface area contributed by atoms with E-state index in [-0.39, 0.29) is 0 Å². The minimum atomic E-state index is 0.771. The molecule has 0 fully saturated rings. The summed E-state index contributed by atoms with van der Waals surface area (Å²) in [6.45, 7) is 4.57. The Morgan fingerprint density at radius 1 is 0.737 bits per heavy atom. The summed E-state index contributed by atoms with van der Waals surface area (Å²) in [4.78, 5) is 0. The van der Waals surface area contributed by atoms with Crippen LogP contribution in [0.15, 0.2) is 54.6 Å². The monoisotopic (exact) mass is 248 g/mol. The first-order chi connectivity index (χ1) is 9.22. The summed E-state index contributed by atoms with van der Waals surface area (Å²) in [5.41, 5.74) is 1.46. The maximum atomic E-state index is 2.35. The summed E-state index contributed by atoms with van der Waals surface area (Å²) in [7, 11) is 0. The Morgan fingerprint density at radius 3 is 2.05 bits per heavy atom. The van der Waals surface area contributed by atoms with E-state index in [1.807, 2.05) is 0 Å². The molecule has 3 aromatic rings. The van der Waals surface area contributed by atoms with Gasteiger partial charge in [0.2, 0.25) is 0 Å². The Bertz CT molecular complexity index is 707. The molecule has 0 N–H and O–H groups in total. The molecule has 3 aromatic carbocycles. The third kappa shape index (κ3) is 2.63. The second-order valence-corrected chi connectivity index (χ2v) is 5.81. The molecule has 0 heterocycles. The summed E-state index contributed by atoms with van der Waals surface area (Å²) in [6.07, 6.45) is 2.44. The first kappa shape index (κ1) is 12.2. The van der Waals surface area contributed by atoms with Crippen LogP contribution in [0.2, 0.25) is 0 Å². The van der Waals surface area contributed by atoms with Gasteiger partial charge < -0.3 is 0 Å². The van der Waals surface area contributed by atoms with Gasteiger partial charge in [0.05, 0.1) is 0 Å². The van der Waals surface area contributed by atoms with Crippen molar-refractivity contribution >= 4 is 21.5 Å². The summed E-state index contributed by atoms with van der Waals surface area (Å²) in [6, 6.07) is 20.1. The van der Waals surface area contributed by atoms with Crippen LogP contribution in [0.5, 0.6) is 0 Å². The van der Waals surface area contributed by atoms with E-state index in [2.05, 4.69) is 68.4 Å². The molecule has 0 aliphatic carbocycles. The van der Waals surface area contributed by atoms with Crippen LogP contribution in [0.25, 0.3) is 21.5 Å². The number of fused-ring (bicyclic) bond motifs is 2. The van der Waals surface area contributed by atoms with Gasteiger partial charge in [-0.1, -0.05) is 56.3 Å². The van der Waals surface area contributed by atoms with Crippen molar-refractivity contribution in [1.29, 1.82) is 0 Å². The fourth-order valence-electron chi connectivity index (χ4n) is 2.60. The highest BCUT2D eigenvalue weighted by Gasteiger charge is 2.01. The molecular formula is C19H20. The van der Waals surface area contributed by atoms with Crippen LogP contribution in [-0.4, -0.2) is 0 Å². The van der Waals surface area contributed by atoms with Gasteiger partial charge >= 0.3 is 0 Å². The highest BCUT2D eigenvalue weighted by molar-refractivity contribution is 5.98. The second-order valence-electron chi connectivity index (χ2n) is 5.81. The molecule has 0 nitrogen and oxygen atoms in total. The number of aryl methyl sites for hydroxylation is 1. The van der Waals surface area contributed by atoms with Gasteiger partial charge in [0, 0.05) is 0 Å². The highest BCUT2D eigenvalue weighted by Crippen LogP contribution is 2.24. The lowest BCUT2D eigenvalue weighted by Crippen LogP contribution is -1.92. The van der Waals surface area contributed by atoms with Gasteiger partial charge in [0.25, 0.3) is 0 Å². The minimum absolute atomic E-state index is 0.771. The second kappa shape index (κ2) is 5.05. The topological polar surface area (TPSA) is 0 Å². The smallest absolute Gasteiger partial charge is 0.0175 e. The van der Waals surface area contributed by atoms with Crippen LogP contribution in [0.4, 0.5) is 0 Å². The Hall–Kier alpha value is -1.82. The van der Waals surface area contributed by atoms with Gasteiger partial charge in [-0.25, -0.2) is 0 Å². The van der Waals surface area contributed by atoms with Crippen molar-refractivity contribution in [3.8, 4) is 0 Å². The maximum absolute atomic E-state index is 2.35. The molecule has 0 amide bonds. The van der Waals surface area contributed by atoms with Crippen molar-refractivity contribution in [2.24, 2.45) is 5.92 Å². The van der Waals surface area contributed by atoms with Crippen LogP contribution in [0.1, 0.15) is 25.8 Å². The standard InChI is InChI=1S/C19H20/c1-14(2)7-8-15-9-10-18-12-16-5-3-4-6-17(16)13-19(18)11-15/h3-6,9-14H,7-8H2,1-2H3. The van der Waals surface area contributed by atoms with Crippen molar-refractivity contribution in [3.63, 3.8) is 0 Å². The average molecular weight is 248 g/mol. The van der Waals surface area contributed by atoms with E-state index in [1.165, 1.54) is 39.9 Å². The number of hydrogen-bond acceptors (Lipinski definition) is 0. The van der Waals surface area contributed by atoms with Gasteiger partial charge in [-0.05, 0) is 58.0 Å². The molecule has 0 saturated heterocycles. The van der Waals surface area contributed by atoms with E-state index in [4.69, 9.17) is 0 Å². The summed E-state index contributed by atoms with van der Waals surface area (Å²) < 4.78 is 0. The van der Waals surface area contributed by atoms with Crippen LogP contribution in [0, 0.1) is 5.92 Å². The SMILES string of the molecule is CC(C)CCc1ccc2cc3ccccc3cc2c1. The van der Waals surface area contributed by atoms with Crippen molar-refractivity contribution in [1.82, 2.24) is 0 Å². The van der Waals surface area contributed by atoms with Crippen LogP contribution in [0.3, 0.4) is 0 Å². The minimum Gasteiger partial charge on any atom is -0.0628 e. The molecule has 0 radical (unpaired) electrons. The van der Waals surface area contributed by atoms with Crippen molar-refractivity contribution in [2.45, 2.75) is 26.7 Å². The van der Waals surface area contributed by atoms with E-state index in [9.17, 15) is 0 Å². The molecule has 3 rings (SSSR count). The molecule has 0 bridgehead atoms. The van der Waals surface area contributed by atoms with Gasteiger partial charge in [0.15, 0.2) is 0 Å². The lowest BCUT2D eigenvalue weighted by molar-refractivity contribution is 0.587. The Balaban J connectivity index is 2.04. The van der Waals surface area contributed by atoms with E-state index >= 15 is 0 Å². The predicted molar refractivity (Wildman–Crippen MR) is 84.6 cm³/mol. The first-order valence-electron chi connectivity index (χ1n) is 7.14. The summed E-state index contributed by atoms with van der Waals surface area (Å²) >= 11 is 0. The Kier molecular flexibility index (Phi) is 3.25. The molecule has 0 aliphatic heterocycles. The Labute approximate surface area is 115 Å². The quantitative estimate of drug-likeness (QED) is 0.531. The maximum Gasteiger partial charge on any atom is -0.0175 e. The lowest BCUT2D eigenvalue weighted by atomic mass is 9.98. The number of benzene rings is 3. The van der Waals surface area contributed by atoms with Gasteiger partial charge in [-0.15, -0.1) is 0 Å². The van der Waals surface area contributed by atoms with Gasteiger partial charge in [-0.2, -0.15) is 0 Å². The molecule has 0 aliphatic rings. The third-order valence-corrected chi connectivity index (χ3v) is 3.78. The predicted octanol–water partition coefficient (Wildman–Crippen LogP) is 5.58. The summed E-state index contributed by atoms with van der Waals surface area (Å²) in [5, 5.41) is 5.35. The van der Waals surface area contributed by atoms with E-state index < -0.39 is 0 Å². The Morgan fingerprint density at radius 2 is 1.37 bits per heavy atom. The lowest BCUT2D eigenvalue weighted by Gasteiger charge is -2.07. The zero-order valence-corrected chi connectivity index (χ0v) is 11.7. The normalized spacial score (nSPS) is 11.5. The van der Waals surface area contributed by atoms with E-state index in [0.29, 0.717) is 0 Å². The molecule has 0 heteroatoms. The molecule has 0 saturated carbocycles. The number of rotatable bonds is 3. The first-order valence-corrected chi connectivity index (χ1v) is 7.14. The highest BCUT2D eigenvalue weighted by atomic mass is 14.1. The van der Waals surface area contributed by atoms with Crippen molar-refractivity contribution < 1.29 is 0 Å². The summed E-state index contributed by atoms with van der Waals surface area (Å²) in [5.74, 6) is 0.771. The largest absolute Gasteiger partial charge is 0.0628 e. The van der Waals surface area contributed by atoms with Gasteiger partial charge in [-0.3, -0.25) is 0 Å². The third-order valence-electron chi connectivity index (χ3n) is 3.78. The molecule has 19 heavy (non-hydrogen) atoms. The van der Waals surface area contributed by atoms with Crippen LogP contribution >= 0.6 is 0 Å². The molecular weight excluding hydrogens is 228 g/mol. The van der Waals surface area contributed by atoms with E-state index in [0.717, 1.165) is 5.92 Å². The van der Waals surface area contributed by atoms with Crippen molar-refractivity contribution in [2.75, 3.05) is 0 Å². The zero-order valence-electron chi connectivity index (χ0n) is 11.7. The molecule has 0 unspecified atom stereocenters.